The molecule has 1 fully saturated rings. The average molecular weight is 366 g/mol. The minimum atomic E-state index is -0.999. The molecule has 1 aliphatic rings. The standard InChI is InChI=1S/C21H22N2O4/c24-19(13-15-7-9-16(10-8-15)21(26)27)22-18-6-4-5-17(14-18)20(25)23-11-2-1-3-12-23/h4-10,14H,1-3,11-13H2,(H,22,24)(H,26,27). The van der Waals surface area contributed by atoms with Crippen molar-refractivity contribution in [3.8, 4) is 0 Å². The highest BCUT2D eigenvalue weighted by atomic mass is 16.4. The van der Waals surface area contributed by atoms with Gasteiger partial charge in [-0.3, -0.25) is 9.59 Å². The predicted molar refractivity (Wildman–Crippen MR) is 102 cm³/mol. The van der Waals surface area contributed by atoms with Gasteiger partial charge in [0.1, 0.15) is 0 Å². The SMILES string of the molecule is O=C(Cc1ccc(C(=O)O)cc1)Nc1cccc(C(=O)N2CCCCC2)c1. The van der Waals surface area contributed by atoms with Crippen LogP contribution in [0.5, 0.6) is 0 Å². The maximum absolute atomic E-state index is 12.6. The number of carbonyl (C=O) groups excluding carboxylic acids is 2. The lowest BCUT2D eigenvalue weighted by molar-refractivity contribution is -0.115. The van der Waals surface area contributed by atoms with Gasteiger partial charge >= 0.3 is 5.97 Å². The van der Waals surface area contributed by atoms with Gasteiger partial charge < -0.3 is 15.3 Å². The number of carboxylic acids is 1. The van der Waals surface area contributed by atoms with E-state index in [4.69, 9.17) is 5.11 Å². The van der Waals surface area contributed by atoms with E-state index in [2.05, 4.69) is 5.32 Å². The van der Waals surface area contributed by atoms with Crippen LogP contribution in [0.2, 0.25) is 0 Å². The number of aromatic carboxylic acids is 1. The van der Waals surface area contributed by atoms with Crippen LogP contribution in [0.15, 0.2) is 48.5 Å². The lowest BCUT2D eigenvalue weighted by Gasteiger charge is -2.26. The highest BCUT2D eigenvalue weighted by Gasteiger charge is 2.18. The third kappa shape index (κ3) is 4.94. The number of hydrogen-bond donors (Lipinski definition) is 2. The van der Waals surface area contributed by atoms with Crippen molar-refractivity contribution in [1.82, 2.24) is 4.90 Å². The Morgan fingerprint density at radius 3 is 2.30 bits per heavy atom. The summed E-state index contributed by atoms with van der Waals surface area (Å²) in [7, 11) is 0. The van der Waals surface area contributed by atoms with Gasteiger partial charge in [0.25, 0.3) is 5.91 Å². The van der Waals surface area contributed by atoms with Crippen LogP contribution in [0.4, 0.5) is 5.69 Å². The third-order valence-electron chi connectivity index (χ3n) is 4.60. The molecule has 6 heteroatoms. The number of nitrogens with one attached hydrogen (secondary N) is 1. The van der Waals surface area contributed by atoms with Gasteiger partial charge in [-0.15, -0.1) is 0 Å². The molecule has 0 saturated carbocycles. The van der Waals surface area contributed by atoms with Crippen molar-refractivity contribution < 1.29 is 19.5 Å². The number of anilines is 1. The van der Waals surface area contributed by atoms with Crippen molar-refractivity contribution in [2.24, 2.45) is 0 Å². The van der Waals surface area contributed by atoms with Crippen LogP contribution in [0.3, 0.4) is 0 Å². The molecule has 1 saturated heterocycles. The second-order valence-electron chi connectivity index (χ2n) is 6.66. The fourth-order valence-electron chi connectivity index (χ4n) is 3.17. The number of rotatable bonds is 5. The number of likely N-dealkylation sites (tertiary alicyclic amines) is 1. The fourth-order valence-corrected chi connectivity index (χ4v) is 3.17. The lowest BCUT2D eigenvalue weighted by Crippen LogP contribution is -2.35. The van der Waals surface area contributed by atoms with Crippen molar-refractivity contribution in [3.63, 3.8) is 0 Å². The van der Waals surface area contributed by atoms with Crippen LogP contribution in [0.25, 0.3) is 0 Å². The first-order chi connectivity index (χ1) is 13.0. The number of nitrogens with zero attached hydrogens (tertiary/aromatic N) is 1. The topological polar surface area (TPSA) is 86.7 Å². The molecule has 0 bridgehead atoms. The van der Waals surface area contributed by atoms with Crippen LogP contribution in [-0.2, 0) is 11.2 Å². The Balaban J connectivity index is 1.62. The molecule has 0 atom stereocenters. The maximum atomic E-state index is 12.6. The zero-order valence-corrected chi connectivity index (χ0v) is 15.0. The van der Waals surface area contributed by atoms with Gasteiger partial charge in [0.15, 0.2) is 0 Å². The summed E-state index contributed by atoms with van der Waals surface area (Å²) in [6.07, 6.45) is 3.35. The zero-order chi connectivity index (χ0) is 19.2. The molecule has 140 valence electrons. The van der Waals surface area contributed by atoms with E-state index in [9.17, 15) is 14.4 Å². The molecule has 1 aliphatic heterocycles. The first-order valence-electron chi connectivity index (χ1n) is 9.04. The molecular weight excluding hydrogens is 344 g/mol. The summed E-state index contributed by atoms with van der Waals surface area (Å²) in [4.78, 5) is 37.6. The molecular formula is C21H22N2O4. The highest BCUT2D eigenvalue weighted by Crippen LogP contribution is 2.17. The van der Waals surface area contributed by atoms with Crippen LogP contribution in [0, 0.1) is 0 Å². The molecule has 2 aromatic rings. The quantitative estimate of drug-likeness (QED) is 0.851. The van der Waals surface area contributed by atoms with Gasteiger partial charge in [0.2, 0.25) is 5.91 Å². The Labute approximate surface area is 157 Å². The molecule has 27 heavy (non-hydrogen) atoms. The second-order valence-corrected chi connectivity index (χ2v) is 6.66. The van der Waals surface area contributed by atoms with Crippen molar-refractivity contribution >= 4 is 23.5 Å². The Kier molecular flexibility index (Phi) is 5.86. The van der Waals surface area contributed by atoms with E-state index in [1.54, 1.807) is 36.4 Å². The molecule has 2 amide bonds. The number of carbonyl (C=O) groups is 3. The van der Waals surface area contributed by atoms with Crippen molar-refractivity contribution in [3.05, 3.63) is 65.2 Å². The largest absolute Gasteiger partial charge is 0.478 e. The predicted octanol–water partition coefficient (Wildman–Crippen LogP) is 3.19. The first-order valence-corrected chi connectivity index (χ1v) is 9.04. The Morgan fingerprint density at radius 2 is 1.63 bits per heavy atom. The molecule has 0 unspecified atom stereocenters. The van der Waals surface area contributed by atoms with E-state index in [1.807, 2.05) is 4.90 Å². The Hall–Kier alpha value is -3.15. The number of hydrogen-bond acceptors (Lipinski definition) is 3. The van der Waals surface area contributed by atoms with Crippen LogP contribution in [-0.4, -0.2) is 40.9 Å². The van der Waals surface area contributed by atoms with Crippen LogP contribution in [0.1, 0.15) is 45.5 Å². The molecule has 0 radical (unpaired) electrons. The number of amides is 2. The second kappa shape index (κ2) is 8.49. The number of benzene rings is 2. The molecule has 2 aromatic carbocycles. The summed E-state index contributed by atoms with van der Waals surface area (Å²) < 4.78 is 0. The molecule has 0 aromatic heterocycles. The smallest absolute Gasteiger partial charge is 0.335 e. The highest BCUT2D eigenvalue weighted by molar-refractivity contribution is 5.97. The van der Waals surface area contributed by atoms with Gasteiger partial charge in [0.05, 0.1) is 12.0 Å². The van der Waals surface area contributed by atoms with E-state index in [0.717, 1.165) is 37.9 Å². The molecule has 6 nitrogen and oxygen atoms in total. The lowest BCUT2D eigenvalue weighted by atomic mass is 10.1. The summed E-state index contributed by atoms with van der Waals surface area (Å²) in [5.74, 6) is -1.23. The third-order valence-corrected chi connectivity index (χ3v) is 4.60. The number of piperidine rings is 1. The van der Waals surface area contributed by atoms with E-state index in [0.29, 0.717) is 11.3 Å². The van der Waals surface area contributed by atoms with E-state index in [1.165, 1.54) is 12.1 Å². The number of carboxylic acid groups (broad SMARTS) is 1. The maximum Gasteiger partial charge on any atom is 0.335 e. The van der Waals surface area contributed by atoms with Gasteiger partial charge in [-0.25, -0.2) is 4.79 Å². The zero-order valence-electron chi connectivity index (χ0n) is 15.0. The van der Waals surface area contributed by atoms with Crippen LogP contribution >= 0.6 is 0 Å². The van der Waals surface area contributed by atoms with Crippen LogP contribution < -0.4 is 5.32 Å². The van der Waals surface area contributed by atoms with Gasteiger partial charge in [0, 0.05) is 24.3 Å². The summed E-state index contributed by atoms with van der Waals surface area (Å²) in [6.45, 7) is 1.56. The summed E-state index contributed by atoms with van der Waals surface area (Å²) >= 11 is 0. The van der Waals surface area contributed by atoms with Gasteiger partial charge in [-0.1, -0.05) is 18.2 Å². The Morgan fingerprint density at radius 1 is 0.926 bits per heavy atom. The monoisotopic (exact) mass is 366 g/mol. The van der Waals surface area contributed by atoms with E-state index >= 15 is 0 Å². The van der Waals surface area contributed by atoms with E-state index < -0.39 is 5.97 Å². The van der Waals surface area contributed by atoms with Crippen molar-refractivity contribution in [1.29, 1.82) is 0 Å². The van der Waals surface area contributed by atoms with Gasteiger partial charge in [-0.2, -0.15) is 0 Å². The molecule has 2 N–H and O–H groups in total. The minimum absolute atomic E-state index is 0.00458. The van der Waals surface area contributed by atoms with E-state index in [-0.39, 0.29) is 23.8 Å². The Bertz CT molecular complexity index is 840. The molecule has 0 aliphatic carbocycles. The molecule has 1 heterocycles. The normalized spacial score (nSPS) is 13.9. The van der Waals surface area contributed by atoms with Crippen molar-refractivity contribution in [2.75, 3.05) is 18.4 Å². The summed E-state index contributed by atoms with van der Waals surface area (Å²) in [5, 5.41) is 11.7. The average Bonchev–Trinajstić information content (AvgIpc) is 2.68. The molecule has 3 rings (SSSR count). The first kappa shape index (κ1) is 18.6. The van der Waals surface area contributed by atoms with Gasteiger partial charge in [-0.05, 0) is 55.2 Å². The summed E-state index contributed by atoms with van der Waals surface area (Å²) in [5.41, 5.74) is 2.05. The van der Waals surface area contributed by atoms with Crippen molar-refractivity contribution in [2.45, 2.75) is 25.7 Å². The molecule has 0 spiro atoms. The fraction of sp³-hybridized carbons (Fsp3) is 0.286. The summed E-state index contributed by atoms with van der Waals surface area (Å²) in [6, 6.07) is 13.2. The minimum Gasteiger partial charge on any atom is -0.478 e.